The van der Waals surface area contributed by atoms with Crippen molar-refractivity contribution in [3.63, 3.8) is 0 Å². The summed E-state index contributed by atoms with van der Waals surface area (Å²) in [7, 11) is 0. The summed E-state index contributed by atoms with van der Waals surface area (Å²) in [6.45, 7) is 1.95. The van der Waals surface area contributed by atoms with E-state index in [-0.39, 0.29) is 6.04 Å². The van der Waals surface area contributed by atoms with Gasteiger partial charge in [0.05, 0.1) is 5.69 Å². The molecule has 2 aromatic rings. The zero-order valence-electron chi connectivity index (χ0n) is 8.84. The molecule has 0 saturated heterocycles. The lowest BCUT2D eigenvalue weighted by atomic mass is 10.1. The Labute approximate surface area is 98.2 Å². The molecule has 0 saturated carbocycles. The lowest BCUT2D eigenvalue weighted by molar-refractivity contribution is 0.720. The number of rotatable bonds is 3. The summed E-state index contributed by atoms with van der Waals surface area (Å²) in [5, 5.41) is 11.8. The Hall–Kier alpha value is -1.46. The SMILES string of the molecule is CC(N)Cc1cc(Cl)ccc1-n1cnnn1. The van der Waals surface area contributed by atoms with E-state index in [9.17, 15) is 0 Å². The fourth-order valence-corrected chi connectivity index (χ4v) is 1.75. The van der Waals surface area contributed by atoms with Gasteiger partial charge >= 0.3 is 0 Å². The molecule has 0 spiro atoms. The molecule has 0 aliphatic carbocycles. The molecule has 0 amide bonds. The maximum absolute atomic E-state index is 5.96. The molecule has 0 fully saturated rings. The maximum Gasteiger partial charge on any atom is 0.143 e. The smallest absolute Gasteiger partial charge is 0.143 e. The maximum atomic E-state index is 5.96. The molecule has 1 unspecified atom stereocenters. The molecule has 0 aliphatic heterocycles. The van der Waals surface area contributed by atoms with Crippen LogP contribution < -0.4 is 5.73 Å². The second-order valence-corrected chi connectivity index (χ2v) is 4.15. The van der Waals surface area contributed by atoms with Crippen LogP contribution in [-0.4, -0.2) is 26.2 Å². The van der Waals surface area contributed by atoms with Gasteiger partial charge in [0.15, 0.2) is 0 Å². The second-order valence-electron chi connectivity index (χ2n) is 3.71. The summed E-state index contributed by atoms with van der Waals surface area (Å²) in [5.41, 5.74) is 7.74. The molecule has 2 rings (SSSR count). The molecule has 0 bridgehead atoms. The third-order valence-electron chi connectivity index (χ3n) is 2.18. The lowest BCUT2D eigenvalue weighted by Crippen LogP contribution is -2.19. The number of halogens is 1. The van der Waals surface area contributed by atoms with E-state index in [1.165, 1.54) is 0 Å². The Morgan fingerprint density at radius 3 is 2.94 bits per heavy atom. The average Bonchev–Trinajstić information content (AvgIpc) is 2.69. The summed E-state index contributed by atoms with van der Waals surface area (Å²) in [4.78, 5) is 0. The second kappa shape index (κ2) is 4.59. The van der Waals surface area contributed by atoms with Crippen molar-refractivity contribution in [1.29, 1.82) is 0 Å². The number of benzene rings is 1. The third-order valence-corrected chi connectivity index (χ3v) is 2.41. The molecular formula is C10H12ClN5. The van der Waals surface area contributed by atoms with Gasteiger partial charge in [0.25, 0.3) is 0 Å². The topological polar surface area (TPSA) is 69.6 Å². The van der Waals surface area contributed by atoms with Crippen molar-refractivity contribution in [3.8, 4) is 5.69 Å². The molecule has 1 heterocycles. The van der Waals surface area contributed by atoms with Gasteiger partial charge in [0, 0.05) is 11.1 Å². The number of tetrazole rings is 1. The highest BCUT2D eigenvalue weighted by atomic mass is 35.5. The first-order valence-electron chi connectivity index (χ1n) is 4.94. The Bertz CT molecular complexity index is 466. The molecule has 6 heteroatoms. The van der Waals surface area contributed by atoms with Crippen molar-refractivity contribution < 1.29 is 0 Å². The minimum absolute atomic E-state index is 0.0636. The van der Waals surface area contributed by atoms with E-state index in [0.29, 0.717) is 5.02 Å². The first kappa shape index (κ1) is 11.0. The van der Waals surface area contributed by atoms with E-state index in [1.807, 2.05) is 25.1 Å². The van der Waals surface area contributed by atoms with E-state index < -0.39 is 0 Å². The van der Waals surface area contributed by atoms with Crippen LogP contribution in [-0.2, 0) is 6.42 Å². The fourth-order valence-electron chi connectivity index (χ4n) is 1.56. The van der Waals surface area contributed by atoms with E-state index in [4.69, 9.17) is 17.3 Å². The summed E-state index contributed by atoms with van der Waals surface area (Å²) >= 11 is 5.96. The quantitative estimate of drug-likeness (QED) is 0.871. The number of aromatic nitrogens is 4. The normalized spacial score (nSPS) is 12.7. The predicted molar refractivity (Wildman–Crippen MR) is 61.5 cm³/mol. The zero-order valence-corrected chi connectivity index (χ0v) is 9.59. The van der Waals surface area contributed by atoms with Crippen LogP contribution in [0.3, 0.4) is 0 Å². The van der Waals surface area contributed by atoms with Crippen molar-refractivity contribution in [3.05, 3.63) is 35.1 Å². The minimum atomic E-state index is 0.0636. The van der Waals surface area contributed by atoms with E-state index in [1.54, 1.807) is 11.0 Å². The summed E-state index contributed by atoms with van der Waals surface area (Å²) in [6.07, 6.45) is 2.28. The van der Waals surface area contributed by atoms with Gasteiger partial charge in [-0.25, -0.2) is 4.68 Å². The predicted octanol–water partition coefficient (Wildman–Crippen LogP) is 1.21. The van der Waals surface area contributed by atoms with E-state index >= 15 is 0 Å². The van der Waals surface area contributed by atoms with Crippen LogP contribution in [0, 0.1) is 0 Å². The number of nitrogens with two attached hydrogens (primary N) is 1. The van der Waals surface area contributed by atoms with Gasteiger partial charge in [-0.1, -0.05) is 11.6 Å². The van der Waals surface area contributed by atoms with E-state index in [0.717, 1.165) is 17.7 Å². The van der Waals surface area contributed by atoms with Gasteiger partial charge in [0.1, 0.15) is 6.33 Å². The highest BCUT2D eigenvalue weighted by Gasteiger charge is 2.08. The van der Waals surface area contributed by atoms with Crippen molar-refractivity contribution >= 4 is 11.6 Å². The molecule has 1 aromatic heterocycles. The Morgan fingerprint density at radius 1 is 1.50 bits per heavy atom. The van der Waals surface area contributed by atoms with Crippen LogP contribution in [0.25, 0.3) is 5.69 Å². The van der Waals surface area contributed by atoms with Crippen molar-refractivity contribution in [2.45, 2.75) is 19.4 Å². The van der Waals surface area contributed by atoms with Gasteiger partial charge in [-0.15, -0.1) is 5.10 Å². The molecule has 16 heavy (non-hydrogen) atoms. The summed E-state index contributed by atoms with van der Waals surface area (Å²) in [5.74, 6) is 0. The molecule has 1 atom stereocenters. The van der Waals surface area contributed by atoms with E-state index in [2.05, 4.69) is 15.5 Å². The number of hydrogen-bond donors (Lipinski definition) is 1. The minimum Gasteiger partial charge on any atom is -0.328 e. The summed E-state index contributed by atoms with van der Waals surface area (Å²) < 4.78 is 1.61. The first-order valence-corrected chi connectivity index (χ1v) is 5.32. The van der Waals surface area contributed by atoms with Crippen molar-refractivity contribution in [2.75, 3.05) is 0 Å². The van der Waals surface area contributed by atoms with Crippen LogP contribution in [0.5, 0.6) is 0 Å². The molecular weight excluding hydrogens is 226 g/mol. The van der Waals surface area contributed by atoms with Crippen LogP contribution in [0.2, 0.25) is 5.02 Å². The molecule has 2 N–H and O–H groups in total. The lowest BCUT2D eigenvalue weighted by Gasteiger charge is -2.11. The van der Waals surface area contributed by atoms with Crippen molar-refractivity contribution in [1.82, 2.24) is 20.2 Å². The monoisotopic (exact) mass is 237 g/mol. The average molecular weight is 238 g/mol. The summed E-state index contributed by atoms with van der Waals surface area (Å²) in [6, 6.07) is 5.65. The Morgan fingerprint density at radius 2 is 2.31 bits per heavy atom. The largest absolute Gasteiger partial charge is 0.328 e. The van der Waals surface area contributed by atoms with Gasteiger partial charge < -0.3 is 5.73 Å². The van der Waals surface area contributed by atoms with Crippen LogP contribution >= 0.6 is 11.6 Å². The van der Waals surface area contributed by atoms with Crippen LogP contribution in [0.4, 0.5) is 0 Å². The highest BCUT2D eigenvalue weighted by Crippen LogP contribution is 2.19. The van der Waals surface area contributed by atoms with Gasteiger partial charge in [-0.3, -0.25) is 0 Å². The van der Waals surface area contributed by atoms with Crippen LogP contribution in [0.1, 0.15) is 12.5 Å². The molecule has 84 valence electrons. The van der Waals surface area contributed by atoms with Gasteiger partial charge in [-0.2, -0.15) is 0 Å². The molecule has 1 aromatic carbocycles. The number of hydrogen-bond acceptors (Lipinski definition) is 4. The first-order chi connectivity index (χ1) is 7.66. The molecule has 0 aliphatic rings. The van der Waals surface area contributed by atoms with Gasteiger partial charge in [-0.05, 0) is 47.5 Å². The molecule has 0 radical (unpaired) electrons. The standard InChI is InChI=1S/C10H12ClN5/c1-7(12)4-8-5-9(11)2-3-10(8)16-6-13-14-15-16/h2-3,5-7H,4,12H2,1H3. The number of nitrogens with zero attached hydrogens (tertiary/aromatic N) is 4. The fraction of sp³-hybridized carbons (Fsp3) is 0.300. The third kappa shape index (κ3) is 2.37. The Balaban J connectivity index is 2.44. The molecule has 5 nitrogen and oxygen atoms in total. The zero-order chi connectivity index (χ0) is 11.5. The highest BCUT2D eigenvalue weighted by molar-refractivity contribution is 6.30. The van der Waals surface area contributed by atoms with Crippen molar-refractivity contribution in [2.24, 2.45) is 5.73 Å². The van der Waals surface area contributed by atoms with Gasteiger partial charge in [0.2, 0.25) is 0 Å². The van der Waals surface area contributed by atoms with Crippen LogP contribution in [0.15, 0.2) is 24.5 Å². The Kier molecular flexibility index (Phi) is 3.17.